The highest BCUT2D eigenvalue weighted by atomic mass is 19.1. The fourth-order valence-corrected chi connectivity index (χ4v) is 4.03. The van der Waals surface area contributed by atoms with Crippen molar-refractivity contribution in [2.45, 2.75) is 18.4 Å². The number of fused-ring (bicyclic) bond motifs is 1. The summed E-state index contributed by atoms with van der Waals surface area (Å²) < 4.78 is 14.9. The molecule has 1 aromatic heterocycles. The monoisotopic (exact) mass is 435 g/mol. The number of nitrogens with zero attached hydrogens (tertiary/aromatic N) is 3. The van der Waals surface area contributed by atoms with E-state index in [4.69, 9.17) is 0 Å². The molecule has 2 aliphatic rings. The molecule has 2 fully saturated rings. The third kappa shape index (κ3) is 3.67. The molecule has 0 spiro atoms. The van der Waals surface area contributed by atoms with Gasteiger partial charge in [-0.05, 0) is 49.2 Å². The van der Waals surface area contributed by atoms with Crippen LogP contribution in [0, 0.1) is 5.82 Å². The zero-order valence-corrected chi connectivity index (χ0v) is 17.3. The van der Waals surface area contributed by atoms with Crippen molar-refractivity contribution in [2.24, 2.45) is 0 Å². The first-order valence-electron chi connectivity index (χ1n) is 10.5. The van der Waals surface area contributed by atoms with E-state index in [0.717, 1.165) is 5.39 Å². The van der Waals surface area contributed by atoms with Gasteiger partial charge in [0.05, 0.1) is 16.8 Å². The van der Waals surface area contributed by atoms with Crippen molar-refractivity contribution in [3.8, 4) is 17.0 Å². The summed E-state index contributed by atoms with van der Waals surface area (Å²) in [6.45, 7) is 1.23. The van der Waals surface area contributed by atoms with Gasteiger partial charge in [-0.15, -0.1) is 0 Å². The lowest BCUT2D eigenvalue weighted by molar-refractivity contribution is -0.143. The highest BCUT2D eigenvalue weighted by Gasteiger charge is 2.50. The molecule has 1 saturated heterocycles. The predicted molar refractivity (Wildman–Crippen MR) is 115 cm³/mol. The lowest BCUT2D eigenvalue weighted by atomic mass is 10.1. The number of carbonyl (C=O) groups is 2. The van der Waals surface area contributed by atoms with Gasteiger partial charge < -0.3 is 20.0 Å². The van der Waals surface area contributed by atoms with Crippen LogP contribution >= 0.6 is 0 Å². The van der Waals surface area contributed by atoms with E-state index in [1.54, 1.807) is 41.3 Å². The zero-order valence-electron chi connectivity index (χ0n) is 17.3. The van der Waals surface area contributed by atoms with Crippen LogP contribution in [0.3, 0.4) is 0 Å². The Morgan fingerprint density at radius 3 is 2.34 bits per heavy atom. The number of carbonyl (C=O) groups excluding carboxylic acids is 2. The number of rotatable bonds is 3. The van der Waals surface area contributed by atoms with Crippen LogP contribution in [0.4, 0.5) is 4.39 Å². The number of hydrogen-bond donors (Lipinski definition) is 2. The lowest BCUT2D eigenvalue weighted by Crippen LogP contribution is -2.53. The molecule has 1 saturated carbocycles. The Balaban J connectivity index is 1.31. The maximum atomic E-state index is 14.9. The summed E-state index contributed by atoms with van der Waals surface area (Å²) in [7, 11) is 0. The van der Waals surface area contributed by atoms with Crippen LogP contribution in [0.1, 0.15) is 23.2 Å². The molecule has 0 unspecified atom stereocenters. The van der Waals surface area contributed by atoms with Crippen molar-refractivity contribution in [2.75, 3.05) is 26.2 Å². The summed E-state index contributed by atoms with van der Waals surface area (Å²) in [6, 6.07) is 12.8. The molecule has 164 valence electrons. The number of amides is 2. The Kier molecular flexibility index (Phi) is 4.82. The van der Waals surface area contributed by atoms with Gasteiger partial charge in [-0.2, -0.15) is 0 Å². The number of phenolic OH excluding ortho intramolecular Hbond substituents is 1. The molecule has 8 heteroatoms. The molecule has 32 heavy (non-hydrogen) atoms. The van der Waals surface area contributed by atoms with E-state index >= 15 is 0 Å². The number of benzene rings is 2. The van der Waals surface area contributed by atoms with Crippen molar-refractivity contribution in [3.63, 3.8) is 0 Å². The summed E-state index contributed by atoms with van der Waals surface area (Å²) in [4.78, 5) is 32.7. The Morgan fingerprint density at radius 1 is 0.938 bits per heavy atom. The summed E-state index contributed by atoms with van der Waals surface area (Å²) in [6.07, 6.45) is 0.966. The summed E-state index contributed by atoms with van der Waals surface area (Å²) in [5, 5.41) is 20.3. The average Bonchev–Trinajstić information content (AvgIpc) is 3.56. The highest BCUT2D eigenvalue weighted by molar-refractivity contribution is 5.95. The molecule has 7 nitrogen and oxygen atoms in total. The van der Waals surface area contributed by atoms with Crippen LogP contribution in [0.25, 0.3) is 22.2 Å². The zero-order chi connectivity index (χ0) is 22.5. The first-order chi connectivity index (χ1) is 15.3. The maximum Gasteiger partial charge on any atom is 0.256 e. The van der Waals surface area contributed by atoms with Crippen LogP contribution in [0.5, 0.6) is 5.75 Å². The molecule has 2 heterocycles. The normalized spacial score (nSPS) is 17.4. The Morgan fingerprint density at radius 2 is 1.66 bits per heavy atom. The minimum absolute atomic E-state index is 0.0277. The number of pyridine rings is 1. The van der Waals surface area contributed by atoms with Crippen molar-refractivity contribution in [1.29, 1.82) is 0 Å². The van der Waals surface area contributed by atoms with Crippen LogP contribution in [-0.4, -0.2) is 68.6 Å². The third-order valence-corrected chi connectivity index (χ3v) is 6.14. The molecule has 0 bridgehead atoms. The second-order valence-electron chi connectivity index (χ2n) is 8.38. The van der Waals surface area contributed by atoms with E-state index in [-0.39, 0.29) is 17.2 Å². The van der Waals surface area contributed by atoms with Gasteiger partial charge in [0.2, 0.25) is 0 Å². The van der Waals surface area contributed by atoms with Crippen LogP contribution in [0.15, 0.2) is 48.5 Å². The smallest absolute Gasteiger partial charge is 0.256 e. The van der Waals surface area contributed by atoms with Gasteiger partial charge in [0.1, 0.15) is 17.2 Å². The van der Waals surface area contributed by atoms with E-state index in [9.17, 15) is 24.2 Å². The van der Waals surface area contributed by atoms with Gasteiger partial charge in [-0.1, -0.05) is 12.1 Å². The van der Waals surface area contributed by atoms with E-state index in [1.165, 1.54) is 17.0 Å². The molecule has 2 amide bonds. The number of aliphatic hydroxyl groups is 1. The second-order valence-corrected chi connectivity index (χ2v) is 8.38. The quantitative estimate of drug-likeness (QED) is 0.660. The van der Waals surface area contributed by atoms with Gasteiger partial charge >= 0.3 is 0 Å². The summed E-state index contributed by atoms with van der Waals surface area (Å²) in [5.41, 5.74) is 0.531. The minimum atomic E-state index is -1.22. The van der Waals surface area contributed by atoms with E-state index in [0.29, 0.717) is 55.8 Å². The summed E-state index contributed by atoms with van der Waals surface area (Å²) in [5.74, 6) is -1.19. The average molecular weight is 435 g/mol. The van der Waals surface area contributed by atoms with Crippen LogP contribution < -0.4 is 0 Å². The predicted octanol–water partition coefficient (Wildman–Crippen LogP) is 2.56. The van der Waals surface area contributed by atoms with Gasteiger partial charge in [0.25, 0.3) is 11.8 Å². The van der Waals surface area contributed by atoms with Crippen molar-refractivity contribution in [1.82, 2.24) is 14.8 Å². The van der Waals surface area contributed by atoms with E-state index < -0.39 is 17.3 Å². The molecule has 1 aliphatic heterocycles. The van der Waals surface area contributed by atoms with Crippen molar-refractivity contribution < 1.29 is 24.2 Å². The third-order valence-electron chi connectivity index (χ3n) is 6.14. The number of piperazine rings is 1. The second kappa shape index (κ2) is 7.56. The number of aromatic hydroxyl groups is 1. The number of phenols is 1. The first-order valence-corrected chi connectivity index (χ1v) is 10.5. The van der Waals surface area contributed by atoms with Crippen LogP contribution in [0.2, 0.25) is 0 Å². The summed E-state index contributed by atoms with van der Waals surface area (Å²) >= 11 is 0. The molecule has 0 atom stereocenters. The molecule has 2 N–H and O–H groups in total. The molecule has 2 aromatic carbocycles. The Bertz CT molecular complexity index is 1230. The van der Waals surface area contributed by atoms with Gasteiger partial charge in [-0.25, -0.2) is 9.37 Å². The fraction of sp³-hybridized carbons (Fsp3) is 0.292. The van der Waals surface area contributed by atoms with Gasteiger partial charge in [0.15, 0.2) is 0 Å². The Labute approximate surface area is 183 Å². The standard InChI is InChI=1S/C24H22FN3O4/c25-19-14-16(20-5-2-15-13-17(29)3-6-21(15)26-20)1-4-18(19)22(30)27-9-11-28(12-10-27)23(31)24(32)7-8-24/h1-6,13-14,29,32H,7-12H2. The molecular weight excluding hydrogens is 413 g/mol. The number of halogens is 1. The van der Waals surface area contributed by atoms with Crippen LogP contribution in [-0.2, 0) is 4.79 Å². The SMILES string of the molecule is O=C(c1ccc(-c2ccc3cc(O)ccc3n2)cc1F)N1CCN(C(=O)C2(O)CC2)CC1. The minimum Gasteiger partial charge on any atom is -0.508 e. The van der Waals surface area contributed by atoms with Gasteiger partial charge in [0, 0.05) is 37.1 Å². The van der Waals surface area contributed by atoms with E-state index in [1.807, 2.05) is 0 Å². The lowest BCUT2D eigenvalue weighted by Gasteiger charge is -2.35. The molecule has 5 rings (SSSR count). The van der Waals surface area contributed by atoms with Crippen molar-refractivity contribution >= 4 is 22.7 Å². The maximum absolute atomic E-state index is 14.9. The molecule has 3 aromatic rings. The fourth-order valence-electron chi connectivity index (χ4n) is 4.03. The molecule has 0 radical (unpaired) electrons. The number of aromatic nitrogens is 1. The van der Waals surface area contributed by atoms with Gasteiger partial charge in [-0.3, -0.25) is 9.59 Å². The highest BCUT2D eigenvalue weighted by Crippen LogP contribution is 2.37. The van der Waals surface area contributed by atoms with E-state index in [2.05, 4.69) is 4.98 Å². The molecular formula is C24H22FN3O4. The number of hydrogen-bond acceptors (Lipinski definition) is 5. The first kappa shape index (κ1) is 20.4. The molecule has 1 aliphatic carbocycles. The largest absolute Gasteiger partial charge is 0.508 e. The topological polar surface area (TPSA) is 94.0 Å². The van der Waals surface area contributed by atoms with Crippen molar-refractivity contribution in [3.05, 3.63) is 59.9 Å². The Hall–Kier alpha value is -3.52.